The van der Waals surface area contributed by atoms with Gasteiger partial charge in [-0.25, -0.2) is 4.68 Å². The maximum absolute atomic E-state index is 12.5. The Balaban J connectivity index is 1.69. The molecule has 0 bridgehead atoms. The average Bonchev–Trinajstić information content (AvgIpc) is 3.09. The van der Waals surface area contributed by atoms with E-state index in [1.54, 1.807) is 18.1 Å². The lowest BCUT2D eigenvalue weighted by atomic mass is 10.1. The van der Waals surface area contributed by atoms with Gasteiger partial charge in [0.15, 0.2) is 0 Å². The van der Waals surface area contributed by atoms with Gasteiger partial charge in [-0.3, -0.25) is 4.79 Å². The molecule has 23 heavy (non-hydrogen) atoms. The summed E-state index contributed by atoms with van der Waals surface area (Å²) < 4.78 is 1.82. The van der Waals surface area contributed by atoms with Crippen molar-refractivity contribution in [3.05, 3.63) is 78.1 Å². The number of benzene rings is 2. The molecular formula is C18H16N4O. The smallest absolute Gasteiger partial charge is 0.257 e. The summed E-state index contributed by atoms with van der Waals surface area (Å²) in [6.07, 6.45) is 3.52. The molecule has 1 aromatic heterocycles. The number of carbonyl (C=O) groups excluding carboxylic acids is 1. The minimum atomic E-state index is -0.227. The highest BCUT2D eigenvalue weighted by Gasteiger charge is 2.30. The van der Waals surface area contributed by atoms with Gasteiger partial charge in [-0.1, -0.05) is 30.3 Å². The molecule has 0 saturated heterocycles. The molecule has 5 nitrogen and oxygen atoms in total. The van der Waals surface area contributed by atoms with E-state index in [2.05, 4.69) is 10.4 Å². The first-order chi connectivity index (χ1) is 11.2. The highest BCUT2D eigenvalue weighted by atomic mass is 16.2. The van der Waals surface area contributed by atoms with E-state index in [4.69, 9.17) is 0 Å². The van der Waals surface area contributed by atoms with Crippen molar-refractivity contribution in [2.45, 2.75) is 6.17 Å². The second kappa shape index (κ2) is 5.28. The van der Waals surface area contributed by atoms with Crippen molar-refractivity contribution >= 4 is 11.6 Å². The highest BCUT2D eigenvalue weighted by Crippen LogP contribution is 2.31. The molecule has 1 N–H and O–H groups in total. The second-order valence-electron chi connectivity index (χ2n) is 5.56. The van der Waals surface area contributed by atoms with E-state index >= 15 is 0 Å². The molecule has 1 amide bonds. The first-order valence-corrected chi connectivity index (χ1v) is 7.47. The summed E-state index contributed by atoms with van der Waals surface area (Å²) in [5.41, 5.74) is 3.48. The fraction of sp³-hybridized carbons (Fsp3) is 0.111. The number of para-hydroxylation sites is 2. The summed E-state index contributed by atoms with van der Waals surface area (Å²) in [5.74, 6) is 0.0109. The largest absolute Gasteiger partial charge is 0.361 e. The molecule has 114 valence electrons. The van der Waals surface area contributed by atoms with Crippen LogP contribution in [0.1, 0.15) is 22.1 Å². The van der Waals surface area contributed by atoms with E-state index in [-0.39, 0.29) is 12.1 Å². The Labute approximate surface area is 134 Å². The van der Waals surface area contributed by atoms with Crippen LogP contribution >= 0.6 is 0 Å². The lowest BCUT2D eigenvalue weighted by molar-refractivity contribution is 0.0735. The Bertz CT molecular complexity index is 856. The molecule has 0 aliphatic carbocycles. The summed E-state index contributed by atoms with van der Waals surface area (Å²) in [4.78, 5) is 14.2. The molecule has 5 heteroatoms. The minimum absolute atomic E-state index is 0.0109. The zero-order valence-corrected chi connectivity index (χ0v) is 12.7. The van der Waals surface area contributed by atoms with Gasteiger partial charge in [-0.05, 0) is 24.3 Å². The van der Waals surface area contributed by atoms with Gasteiger partial charge >= 0.3 is 0 Å². The van der Waals surface area contributed by atoms with Crippen molar-refractivity contribution in [2.75, 3.05) is 12.4 Å². The van der Waals surface area contributed by atoms with E-state index < -0.39 is 0 Å². The van der Waals surface area contributed by atoms with Crippen LogP contribution in [0.4, 0.5) is 5.69 Å². The van der Waals surface area contributed by atoms with Crippen molar-refractivity contribution in [1.82, 2.24) is 14.7 Å². The van der Waals surface area contributed by atoms with Gasteiger partial charge in [-0.2, -0.15) is 5.10 Å². The van der Waals surface area contributed by atoms with E-state index in [9.17, 15) is 4.79 Å². The molecular weight excluding hydrogens is 288 g/mol. The molecule has 2 aromatic carbocycles. The zero-order valence-electron chi connectivity index (χ0n) is 12.7. The van der Waals surface area contributed by atoms with Crippen molar-refractivity contribution < 1.29 is 4.79 Å². The van der Waals surface area contributed by atoms with Crippen molar-refractivity contribution in [1.29, 1.82) is 0 Å². The van der Waals surface area contributed by atoms with Gasteiger partial charge in [0.05, 0.1) is 17.4 Å². The summed E-state index contributed by atoms with van der Waals surface area (Å²) in [6, 6.07) is 17.5. The number of hydrogen-bond donors (Lipinski definition) is 1. The molecule has 0 unspecified atom stereocenters. The number of amides is 1. The first kappa shape index (κ1) is 13.6. The Kier molecular flexibility index (Phi) is 3.12. The highest BCUT2D eigenvalue weighted by molar-refractivity contribution is 6.01. The molecule has 0 saturated carbocycles. The van der Waals surface area contributed by atoms with Crippen LogP contribution in [0, 0.1) is 0 Å². The molecule has 0 spiro atoms. The fourth-order valence-electron chi connectivity index (χ4n) is 2.85. The van der Waals surface area contributed by atoms with Crippen molar-refractivity contribution in [3.8, 4) is 5.69 Å². The molecule has 3 aromatic rings. The van der Waals surface area contributed by atoms with Crippen LogP contribution in [0.2, 0.25) is 0 Å². The number of hydrogen-bond acceptors (Lipinski definition) is 3. The second-order valence-corrected chi connectivity index (χ2v) is 5.56. The van der Waals surface area contributed by atoms with Crippen LogP contribution in [0.3, 0.4) is 0 Å². The fourth-order valence-corrected chi connectivity index (χ4v) is 2.85. The van der Waals surface area contributed by atoms with Crippen LogP contribution < -0.4 is 5.32 Å². The van der Waals surface area contributed by atoms with Crippen molar-refractivity contribution in [3.63, 3.8) is 0 Å². The van der Waals surface area contributed by atoms with Gasteiger partial charge in [-0.15, -0.1) is 0 Å². The lowest BCUT2D eigenvalue weighted by Gasteiger charge is -2.34. The Morgan fingerprint density at radius 3 is 2.61 bits per heavy atom. The quantitative estimate of drug-likeness (QED) is 0.791. The molecule has 1 aliphatic heterocycles. The van der Waals surface area contributed by atoms with Crippen LogP contribution in [0.25, 0.3) is 5.69 Å². The number of rotatable bonds is 2. The third-order valence-corrected chi connectivity index (χ3v) is 4.10. The van der Waals surface area contributed by atoms with Crippen LogP contribution in [-0.4, -0.2) is 27.6 Å². The third kappa shape index (κ3) is 2.26. The first-order valence-electron chi connectivity index (χ1n) is 7.47. The molecule has 0 radical (unpaired) electrons. The molecule has 2 heterocycles. The van der Waals surface area contributed by atoms with Crippen LogP contribution in [0.5, 0.6) is 0 Å². The van der Waals surface area contributed by atoms with E-state index in [0.717, 1.165) is 16.9 Å². The SMILES string of the molecule is CN1C(=O)c2ccccc2N[C@H]1c1cnn(-c2ccccc2)c1. The van der Waals surface area contributed by atoms with Gasteiger partial charge in [0.25, 0.3) is 5.91 Å². The van der Waals surface area contributed by atoms with Crippen LogP contribution in [0.15, 0.2) is 67.0 Å². The summed E-state index contributed by atoms with van der Waals surface area (Å²) >= 11 is 0. The maximum atomic E-state index is 12.5. The van der Waals surface area contributed by atoms with Gasteiger partial charge in [0.1, 0.15) is 6.17 Å². The van der Waals surface area contributed by atoms with Crippen LogP contribution in [-0.2, 0) is 0 Å². The number of carbonyl (C=O) groups is 1. The van der Waals surface area contributed by atoms with Crippen molar-refractivity contribution in [2.24, 2.45) is 0 Å². The lowest BCUT2D eigenvalue weighted by Crippen LogP contribution is -2.39. The zero-order chi connectivity index (χ0) is 15.8. The molecule has 0 fully saturated rings. The van der Waals surface area contributed by atoms with E-state index in [1.165, 1.54) is 0 Å². The van der Waals surface area contributed by atoms with Gasteiger partial charge in [0.2, 0.25) is 0 Å². The van der Waals surface area contributed by atoms with Gasteiger partial charge in [0, 0.05) is 24.5 Å². The number of aromatic nitrogens is 2. The molecule has 4 rings (SSSR count). The summed E-state index contributed by atoms with van der Waals surface area (Å²) in [6.45, 7) is 0. The summed E-state index contributed by atoms with van der Waals surface area (Å²) in [7, 11) is 1.80. The molecule has 1 aliphatic rings. The topological polar surface area (TPSA) is 50.2 Å². The number of fused-ring (bicyclic) bond motifs is 1. The molecule has 1 atom stereocenters. The minimum Gasteiger partial charge on any atom is -0.361 e. The predicted octanol–water partition coefficient (Wildman–Crippen LogP) is 3.07. The number of anilines is 1. The Hall–Kier alpha value is -3.08. The predicted molar refractivity (Wildman–Crippen MR) is 88.5 cm³/mol. The number of nitrogens with one attached hydrogen (secondary N) is 1. The standard InChI is InChI=1S/C18H16N4O/c1-21-17(20-16-10-6-5-9-15(16)18(21)23)13-11-19-22(12-13)14-7-3-2-4-8-14/h2-12,17,20H,1H3/t17-/m1/s1. The summed E-state index contributed by atoms with van der Waals surface area (Å²) in [5, 5.41) is 7.83. The normalized spacial score (nSPS) is 16.8. The Morgan fingerprint density at radius 2 is 1.78 bits per heavy atom. The van der Waals surface area contributed by atoms with E-state index in [0.29, 0.717) is 5.56 Å². The van der Waals surface area contributed by atoms with E-state index in [1.807, 2.05) is 65.5 Å². The Morgan fingerprint density at radius 1 is 1.04 bits per heavy atom. The van der Waals surface area contributed by atoms with Gasteiger partial charge < -0.3 is 10.2 Å². The number of nitrogens with zero attached hydrogens (tertiary/aromatic N) is 3. The monoisotopic (exact) mass is 304 g/mol. The maximum Gasteiger partial charge on any atom is 0.257 e. The third-order valence-electron chi connectivity index (χ3n) is 4.10. The average molecular weight is 304 g/mol.